The van der Waals surface area contributed by atoms with Gasteiger partial charge in [-0.15, -0.1) is 0 Å². The van der Waals surface area contributed by atoms with Gasteiger partial charge in [0.1, 0.15) is 5.82 Å². The van der Waals surface area contributed by atoms with Crippen molar-refractivity contribution in [2.24, 2.45) is 0 Å². The van der Waals surface area contributed by atoms with Crippen LogP contribution in [-0.2, 0) is 0 Å². The van der Waals surface area contributed by atoms with Gasteiger partial charge in [-0.05, 0) is 18.4 Å². The molecule has 0 aromatic carbocycles. The van der Waals surface area contributed by atoms with E-state index in [1.807, 2.05) is 0 Å². The fourth-order valence-corrected chi connectivity index (χ4v) is 3.42. The Kier molecular flexibility index (Phi) is 3.83. The topological polar surface area (TPSA) is 122 Å². The number of halogens is 2. The molecule has 9 nitrogen and oxygen atoms in total. The van der Waals surface area contributed by atoms with Crippen LogP contribution in [0.25, 0.3) is 16.9 Å². The summed E-state index contributed by atoms with van der Waals surface area (Å²) < 4.78 is 27.0. The minimum atomic E-state index is -2.61. The van der Waals surface area contributed by atoms with Gasteiger partial charge in [0.2, 0.25) is 0 Å². The molecule has 4 aromatic heterocycles. The summed E-state index contributed by atoms with van der Waals surface area (Å²) in [6.07, 6.45) is 4.97. The first kappa shape index (κ1) is 17.3. The smallest absolute Gasteiger partial charge is 0.313 e. The van der Waals surface area contributed by atoms with Crippen LogP contribution in [0.5, 0.6) is 0 Å². The number of nitrogens with zero attached hydrogens (tertiary/aromatic N) is 5. The largest absolute Gasteiger partial charge is 0.325 e. The molecule has 1 fully saturated rings. The Morgan fingerprint density at radius 1 is 1.14 bits per heavy atom. The molecule has 0 saturated heterocycles. The predicted octanol–water partition coefficient (Wildman–Crippen LogP) is 1.77. The molecule has 1 saturated carbocycles. The van der Waals surface area contributed by atoms with Crippen molar-refractivity contribution in [3.05, 3.63) is 74.8 Å². The molecule has 1 aliphatic rings. The second kappa shape index (κ2) is 6.40. The van der Waals surface area contributed by atoms with E-state index in [9.17, 15) is 18.4 Å². The van der Waals surface area contributed by atoms with Crippen molar-refractivity contribution in [3.8, 4) is 11.3 Å². The van der Waals surface area contributed by atoms with Crippen molar-refractivity contribution in [1.82, 2.24) is 34.5 Å². The SMILES string of the molecule is O=c1[nH]cc(-c2cc([C@H]3C[C@@H]3c3ncc(C(F)F)cn3)c3nccn3n2)c(=O)[nH]1. The molecule has 0 radical (unpaired) electrons. The van der Waals surface area contributed by atoms with Crippen molar-refractivity contribution < 1.29 is 8.78 Å². The molecule has 11 heteroatoms. The summed E-state index contributed by atoms with van der Waals surface area (Å²) in [6.45, 7) is 0. The highest BCUT2D eigenvalue weighted by Gasteiger charge is 2.43. The summed E-state index contributed by atoms with van der Waals surface area (Å²) in [7, 11) is 0. The Morgan fingerprint density at radius 2 is 1.93 bits per heavy atom. The second-order valence-corrected chi connectivity index (χ2v) is 6.79. The average Bonchev–Trinajstić information content (AvgIpc) is 3.36. The van der Waals surface area contributed by atoms with Gasteiger partial charge in [0.15, 0.2) is 5.65 Å². The van der Waals surface area contributed by atoms with Crippen molar-refractivity contribution in [3.63, 3.8) is 0 Å². The molecule has 29 heavy (non-hydrogen) atoms. The number of imidazole rings is 1. The number of hydrogen-bond donors (Lipinski definition) is 2. The highest BCUT2D eigenvalue weighted by Crippen LogP contribution is 2.54. The summed E-state index contributed by atoms with van der Waals surface area (Å²) >= 11 is 0. The predicted molar refractivity (Wildman–Crippen MR) is 96.8 cm³/mol. The fraction of sp³-hybridized carbons (Fsp3) is 0.222. The number of alkyl halides is 2. The molecule has 4 heterocycles. The molecular formula is C18H13F2N7O2. The van der Waals surface area contributed by atoms with Gasteiger partial charge in [-0.1, -0.05) is 0 Å². The third-order valence-electron chi connectivity index (χ3n) is 4.95. The number of fused-ring (bicyclic) bond motifs is 1. The lowest BCUT2D eigenvalue weighted by atomic mass is 10.1. The summed E-state index contributed by atoms with van der Waals surface area (Å²) in [5, 5.41) is 4.39. The van der Waals surface area contributed by atoms with Crippen LogP contribution in [0.15, 0.2) is 46.6 Å². The van der Waals surface area contributed by atoms with Gasteiger partial charge >= 0.3 is 5.69 Å². The molecular weight excluding hydrogens is 384 g/mol. The number of aromatic amines is 2. The lowest BCUT2D eigenvalue weighted by Gasteiger charge is -2.07. The monoisotopic (exact) mass is 397 g/mol. The third kappa shape index (κ3) is 3.00. The van der Waals surface area contributed by atoms with Gasteiger partial charge < -0.3 is 4.98 Å². The van der Waals surface area contributed by atoms with Crippen molar-refractivity contribution in [2.75, 3.05) is 0 Å². The van der Waals surface area contributed by atoms with Crippen LogP contribution in [0.3, 0.4) is 0 Å². The average molecular weight is 397 g/mol. The van der Waals surface area contributed by atoms with E-state index in [1.54, 1.807) is 23.0 Å². The van der Waals surface area contributed by atoms with Gasteiger partial charge in [0, 0.05) is 42.5 Å². The number of hydrogen-bond acceptors (Lipinski definition) is 6. The van der Waals surface area contributed by atoms with Gasteiger partial charge in [-0.25, -0.2) is 33.0 Å². The molecule has 0 spiro atoms. The standard InChI is InChI=1S/C18H13F2N7O2/c19-14(20)8-5-22-15(23-6-8)10-3-9(10)11-4-13(26-27-2-1-21-16(11)27)12-7-24-18(29)25-17(12)28/h1-2,4-7,9-10,14H,3H2,(H2,24,25,28,29)/t9-,10-/m0/s1. The molecule has 0 bridgehead atoms. The Bertz CT molecular complexity index is 1330. The van der Waals surface area contributed by atoms with Crippen molar-refractivity contribution in [1.29, 1.82) is 0 Å². The lowest BCUT2D eigenvalue weighted by molar-refractivity contribution is 0.150. The third-order valence-corrected chi connectivity index (χ3v) is 4.95. The summed E-state index contributed by atoms with van der Waals surface area (Å²) in [6, 6.07) is 1.75. The Labute approximate surface area is 160 Å². The van der Waals surface area contributed by atoms with E-state index in [4.69, 9.17) is 0 Å². The molecule has 2 N–H and O–H groups in total. The maximum absolute atomic E-state index is 12.7. The van der Waals surface area contributed by atoms with E-state index in [-0.39, 0.29) is 23.0 Å². The molecule has 0 aliphatic heterocycles. The summed E-state index contributed by atoms with van der Waals surface area (Å²) in [4.78, 5) is 40.6. The van der Waals surface area contributed by atoms with E-state index in [0.29, 0.717) is 17.2 Å². The fourth-order valence-electron chi connectivity index (χ4n) is 3.42. The molecule has 1 aliphatic carbocycles. The lowest BCUT2D eigenvalue weighted by Crippen LogP contribution is -2.23. The molecule has 0 unspecified atom stereocenters. The van der Waals surface area contributed by atoms with Crippen molar-refractivity contribution >= 4 is 5.65 Å². The minimum absolute atomic E-state index is 0.0147. The first-order chi connectivity index (χ1) is 14.0. The maximum Gasteiger partial charge on any atom is 0.325 e. The van der Waals surface area contributed by atoms with Crippen LogP contribution in [0.1, 0.15) is 41.6 Å². The van der Waals surface area contributed by atoms with Crippen molar-refractivity contribution in [2.45, 2.75) is 24.7 Å². The number of aromatic nitrogens is 7. The van der Waals surface area contributed by atoms with Crippen LogP contribution >= 0.6 is 0 Å². The summed E-state index contributed by atoms with van der Waals surface area (Å²) in [5.74, 6) is 0.469. The zero-order valence-electron chi connectivity index (χ0n) is 14.7. The zero-order chi connectivity index (χ0) is 20.1. The van der Waals surface area contributed by atoms with Crippen LogP contribution < -0.4 is 11.2 Å². The summed E-state index contributed by atoms with van der Waals surface area (Å²) in [5.41, 5.74) is 0.701. The highest BCUT2D eigenvalue weighted by atomic mass is 19.3. The Morgan fingerprint density at radius 3 is 2.66 bits per heavy atom. The first-order valence-electron chi connectivity index (χ1n) is 8.78. The quantitative estimate of drug-likeness (QED) is 0.541. The van der Waals surface area contributed by atoms with Crippen LogP contribution in [0.4, 0.5) is 8.78 Å². The highest BCUT2D eigenvalue weighted by molar-refractivity contribution is 5.63. The van der Waals surface area contributed by atoms with E-state index < -0.39 is 17.7 Å². The van der Waals surface area contributed by atoms with Gasteiger partial charge in [-0.3, -0.25) is 9.78 Å². The second-order valence-electron chi connectivity index (χ2n) is 6.79. The Balaban J connectivity index is 1.54. The molecule has 4 aromatic rings. The van der Waals surface area contributed by atoms with Crippen LogP contribution in [-0.4, -0.2) is 34.5 Å². The van der Waals surface area contributed by atoms with E-state index in [0.717, 1.165) is 24.4 Å². The van der Waals surface area contributed by atoms with Gasteiger partial charge in [0.05, 0.1) is 16.8 Å². The molecule has 5 rings (SSSR count). The number of rotatable bonds is 4. The first-order valence-corrected chi connectivity index (χ1v) is 8.78. The molecule has 2 atom stereocenters. The Hall–Kier alpha value is -3.76. The van der Waals surface area contributed by atoms with Crippen LogP contribution in [0.2, 0.25) is 0 Å². The van der Waals surface area contributed by atoms with E-state index >= 15 is 0 Å². The van der Waals surface area contributed by atoms with Gasteiger partial charge in [-0.2, -0.15) is 5.10 Å². The van der Waals surface area contributed by atoms with Gasteiger partial charge in [0.25, 0.3) is 12.0 Å². The number of H-pyrrole nitrogens is 2. The number of nitrogens with one attached hydrogen (secondary N) is 2. The normalized spacial score (nSPS) is 18.4. The van der Waals surface area contributed by atoms with E-state index in [2.05, 4.69) is 30.0 Å². The van der Waals surface area contributed by atoms with Crippen LogP contribution in [0, 0.1) is 0 Å². The zero-order valence-corrected chi connectivity index (χ0v) is 14.7. The maximum atomic E-state index is 12.7. The minimum Gasteiger partial charge on any atom is -0.313 e. The van der Waals surface area contributed by atoms with E-state index in [1.165, 1.54) is 6.20 Å². The molecule has 146 valence electrons. The molecule has 0 amide bonds.